The lowest BCUT2D eigenvalue weighted by atomic mass is 9.98. The lowest BCUT2D eigenvalue weighted by Crippen LogP contribution is -2.43. The molecule has 0 saturated heterocycles. The summed E-state index contributed by atoms with van der Waals surface area (Å²) in [6, 6.07) is 2.54. The van der Waals surface area contributed by atoms with Crippen molar-refractivity contribution in [3.8, 4) is 0 Å². The third-order valence-electron chi connectivity index (χ3n) is 3.76. The summed E-state index contributed by atoms with van der Waals surface area (Å²) >= 11 is 1.82. The van der Waals surface area contributed by atoms with Gasteiger partial charge in [-0.25, -0.2) is 0 Å². The zero-order chi connectivity index (χ0) is 15.2. The van der Waals surface area contributed by atoms with Gasteiger partial charge in [-0.1, -0.05) is 6.92 Å². The maximum Gasteiger partial charge on any atom is 0.234 e. The Balaban J connectivity index is 1.82. The predicted molar refractivity (Wildman–Crippen MR) is 84.3 cm³/mol. The number of nitrogens with zero attached hydrogens (tertiary/aromatic N) is 1. The monoisotopic (exact) mass is 309 g/mol. The van der Waals surface area contributed by atoms with Crippen molar-refractivity contribution in [2.24, 2.45) is 0 Å². The lowest BCUT2D eigenvalue weighted by Gasteiger charge is -2.34. The highest BCUT2D eigenvalue weighted by molar-refractivity contribution is 7.10. The van der Waals surface area contributed by atoms with E-state index in [1.807, 2.05) is 11.3 Å². The van der Waals surface area contributed by atoms with Crippen LogP contribution in [0.4, 0.5) is 0 Å². The maximum absolute atomic E-state index is 12.0. The number of hydrogen-bond acceptors (Lipinski definition) is 4. The van der Waals surface area contributed by atoms with E-state index in [4.69, 9.17) is 0 Å². The second-order valence-electron chi connectivity index (χ2n) is 5.28. The Bertz CT molecular complexity index is 501. The lowest BCUT2D eigenvalue weighted by molar-refractivity contribution is -0.123. The van der Waals surface area contributed by atoms with Crippen LogP contribution in [0.3, 0.4) is 0 Å². The summed E-state index contributed by atoms with van der Waals surface area (Å²) in [5.74, 6) is -0.0474. The number of carbonyl (C=O) groups excluding carboxylic acids is 2. The summed E-state index contributed by atoms with van der Waals surface area (Å²) in [6.07, 6.45) is 2.05. The van der Waals surface area contributed by atoms with E-state index in [0.717, 1.165) is 19.4 Å². The molecule has 6 heteroatoms. The number of rotatable bonds is 6. The van der Waals surface area contributed by atoms with Gasteiger partial charge in [0.15, 0.2) is 0 Å². The van der Waals surface area contributed by atoms with Crippen LogP contribution >= 0.6 is 11.3 Å². The number of amides is 2. The zero-order valence-corrected chi connectivity index (χ0v) is 13.5. The Morgan fingerprint density at radius 3 is 2.86 bits per heavy atom. The van der Waals surface area contributed by atoms with Gasteiger partial charge in [-0.05, 0) is 29.9 Å². The van der Waals surface area contributed by atoms with Gasteiger partial charge in [0, 0.05) is 37.5 Å². The predicted octanol–water partition coefficient (Wildman–Crippen LogP) is 1.31. The van der Waals surface area contributed by atoms with Crippen LogP contribution in [0.1, 0.15) is 36.8 Å². The average Bonchev–Trinajstić information content (AvgIpc) is 2.91. The molecule has 1 unspecified atom stereocenters. The fraction of sp³-hybridized carbons (Fsp3) is 0.600. The minimum atomic E-state index is -0.0729. The van der Waals surface area contributed by atoms with Gasteiger partial charge in [0.2, 0.25) is 11.8 Å². The van der Waals surface area contributed by atoms with E-state index < -0.39 is 0 Å². The first-order valence-corrected chi connectivity index (χ1v) is 8.31. The molecule has 0 bridgehead atoms. The first-order chi connectivity index (χ1) is 10.1. The van der Waals surface area contributed by atoms with E-state index in [0.29, 0.717) is 25.7 Å². The van der Waals surface area contributed by atoms with Gasteiger partial charge in [-0.15, -0.1) is 11.3 Å². The van der Waals surface area contributed by atoms with E-state index in [2.05, 4.69) is 33.9 Å². The molecular formula is C15H23N3O2S. The highest BCUT2D eigenvalue weighted by Crippen LogP contribution is 2.34. The maximum atomic E-state index is 12.0. The topological polar surface area (TPSA) is 61.4 Å². The van der Waals surface area contributed by atoms with E-state index in [1.54, 1.807) is 0 Å². The van der Waals surface area contributed by atoms with Crippen molar-refractivity contribution in [2.75, 3.05) is 26.2 Å². The summed E-state index contributed by atoms with van der Waals surface area (Å²) < 4.78 is 0. The summed E-state index contributed by atoms with van der Waals surface area (Å²) in [4.78, 5) is 26.5. The summed E-state index contributed by atoms with van der Waals surface area (Å²) in [5, 5.41) is 7.67. The van der Waals surface area contributed by atoms with E-state index in [9.17, 15) is 9.59 Å². The van der Waals surface area contributed by atoms with Crippen molar-refractivity contribution in [1.29, 1.82) is 0 Å². The smallest absolute Gasteiger partial charge is 0.234 e. The van der Waals surface area contributed by atoms with Gasteiger partial charge in [0.25, 0.3) is 0 Å². The normalized spacial score (nSPS) is 18.1. The van der Waals surface area contributed by atoms with E-state index in [-0.39, 0.29) is 11.8 Å². The number of carbonyl (C=O) groups is 2. The van der Waals surface area contributed by atoms with Crippen molar-refractivity contribution in [3.63, 3.8) is 0 Å². The Morgan fingerprint density at radius 1 is 1.38 bits per heavy atom. The van der Waals surface area contributed by atoms with Gasteiger partial charge in [-0.3, -0.25) is 14.5 Å². The molecule has 1 atom stereocenters. The fourth-order valence-corrected chi connectivity index (χ4v) is 3.72. The van der Waals surface area contributed by atoms with Crippen molar-refractivity contribution < 1.29 is 9.59 Å². The second-order valence-corrected chi connectivity index (χ2v) is 6.28. The SMILES string of the molecule is CCC1c2ccsc2CCN1CC(=O)NCCNC(C)=O. The molecule has 2 amide bonds. The van der Waals surface area contributed by atoms with Crippen LogP contribution in [0.2, 0.25) is 0 Å². The van der Waals surface area contributed by atoms with E-state index in [1.165, 1.54) is 17.4 Å². The molecule has 1 aliphatic heterocycles. The number of nitrogens with one attached hydrogen (secondary N) is 2. The minimum absolute atomic E-state index is 0.0254. The zero-order valence-electron chi connectivity index (χ0n) is 12.6. The molecule has 0 fully saturated rings. The van der Waals surface area contributed by atoms with Crippen LogP contribution in [0.15, 0.2) is 11.4 Å². The standard InChI is InChI=1S/C15H23N3O2S/c1-3-13-12-5-9-21-14(12)4-8-18(13)10-15(20)17-7-6-16-11(2)19/h5,9,13H,3-4,6-8,10H2,1-2H3,(H,16,19)(H,17,20). The number of thiophene rings is 1. The van der Waals surface area contributed by atoms with Gasteiger partial charge in [-0.2, -0.15) is 0 Å². The molecule has 0 saturated carbocycles. The van der Waals surface area contributed by atoms with Gasteiger partial charge in [0.1, 0.15) is 0 Å². The largest absolute Gasteiger partial charge is 0.355 e. The third kappa shape index (κ3) is 4.28. The molecule has 5 nitrogen and oxygen atoms in total. The molecular weight excluding hydrogens is 286 g/mol. The molecule has 1 aromatic rings. The van der Waals surface area contributed by atoms with Crippen molar-refractivity contribution in [3.05, 3.63) is 21.9 Å². The molecule has 2 heterocycles. The van der Waals surface area contributed by atoms with Gasteiger partial charge in [0.05, 0.1) is 6.54 Å². The van der Waals surface area contributed by atoms with Crippen LogP contribution in [-0.2, 0) is 16.0 Å². The molecule has 1 aromatic heterocycles. The van der Waals surface area contributed by atoms with Gasteiger partial charge >= 0.3 is 0 Å². The van der Waals surface area contributed by atoms with Crippen LogP contribution in [-0.4, -0.2) is 42.9 Å². The van der Waals surface area contributed by atoms with Crippen molar-refractivity contribution in [1.82, 2.24) is 15.5 Å². The molecule has 0 radical (unpaired) electrons. The molecule has 2 N–H and O–H groups in total. The van der Waals surface area contributed by atoms with Crippen molar-refractivity contribution in [2.45, 2.75) is 32.7 Å². The molecule has 0 aliphatic carbocycles. The fourth-order valence-electron chi connectivity index (χ4n) is 2.80. The summed E-state index contributed by atoms with van der Waals surface area (Å²) in [7, 11) is 0. The molecule has 0 spiro atoms. The quantitative estimate of drug-likeness (QED) is 0.779. The number of fused-ring (bicyclic) bond motifs is 1. The minimum Gasteiger partial charge on any atom is -0.355 e. The van der Waals surface area contributed by atoms with Crippen LogP contribution < -0.4 is 10.6 Å². The Morgan fingerprint density at radius 2 is 2.14 bits per heavy atom. The van der Waals surface area contributed by atoms with Crippen LogP contribution in [0.5, 0.6) is 0 Å². The Kier molecular flexibility index (Phi) is 5.76. The van der Waals surface area contributed by atoms with Gasteiger partial charge < -0.3 is 10.6 Å². The third-order valence-corrected chi connectivity index (χ3v) is 4.76. The highest BCUT2D eigenvalue weighted by Gasteiger charge is 2.27. The molecule has 1 aliphatic rings. The first-order valence-electron chi connectivity index (χ1n) is 7.43. The van der Waals surface area contributed by atoms with Crippen molar-refractivity contribution >= 4 is 23.2 Å². The Hall–Kier alpha value is -1.40. The molecule has 116 valence electrons. The molecule has 0 aromatic carbocycles. The Labute approximate surface area is 129 Å². The van der Waals surface area contributed by atoms with Crippen LogP contribution in [0, 0.1) is 0 Å². The molecule has 2 rings (SSSR count). The average molecular weight is 309 g/mol. The molecule has 21 heavy (non-hydrogen) atoms. The highest BCUT2D eigenvalue weighted by atomic mass is 32.1. The number of hydrogen-bond donors (Lipinski definition) is 2. The summed E-state index contributed by atoms with van der Waals surface area (Å²) in [6.45, 7) is 5.96. The first kappa shape index (κ1) is 16.0. The van der Waals surface area contributed by atoms with E-state index >= 15 is 0 Å². The van der Waals surface area contributed by atoms with Crippen LogP contribution in [0.25, 0.3) is 0 Å². The second kappa shape index (κ2) is 7.56. The summed E-state index contributed by atoms with van der Waals surface area (Å²) in [5.41, 5.74) is 1.39.